The summed E-state index contributed by atoms with van der Waals surface area (Å²) in [6.07, 6.45) is -0.336. The normalized spacial score (nSPS) is 13.7. The number of urea groups is 1. The monoisotopic (exact) mass is 400 g/mol. The molecule has 0 saturated heterocycles. The molecule has 10 nitrogen and oxygen atoms in total. The first-order chi connectivity index (χ1) is 13.9. The van der Waals surface area contributed by atoms with Crippen LogP contribution in [0.5, 0.6) is 11.5 Å². The van der Waals surface area contributed by atoms with Crippen LogP contribution in [0.3, 0.4) is 0 Å². The van der Waals surface area contributed by atoms with Crippen molar-refractivity contribution >= 4 is 17.4 Å². The Morgan fingerprint density at radius 1 is 1.28 bits per heavy atom. The second kappa shape index (κ2) is 8.57. The van der Waals surface area contributed by atoms with Crippen molar-refractivity contribution in [3.63, 3.8) is 0 Å². The molecule has 0 spiro atoms. The summed E-state index contributed by atoms with van der Waals surface area (Å²) in [5.41, 5.74) is 4.54. The van der Waals surface area contributed by atoms with Crippen molar-refractivity contribution in [1.82, 2.24) is 10.7 Å². The van der Waals surface area contributed by atoms with Crippen LogP contribution < -0.4 is 20.2 Å². The summed E-state index contributed by atoms with van der Waals surface area (Å²) in [6.45, 7) is 1.73. The van der Waals surface area contributed by atoms with E-state index >= 15 is 0 Å². The van der Waals surface area contributed by atoms with Gasteiger partial charge in [0, 0.05) is 30.3 Å². The Morgan fingerprint density at radius 2 is 1.93 bits per heavy atom. The smallest absolute Gasteiger partial charge is 0.334 e. The minimum atomic E-state index is -0.640. The number of carbonyl (C=O) groups excluding carboxylic acids is 1. The van der Waals surface area contributed by atoms with Gasteiger partial charge in [0.05, 0.1) is 16.7 Å². The third-order valence-corrected chi connectivity index (χ3v) is 4.22. The second-order valence-electron chi connectivity index (χ2n) is 6.37. The van der Waals surface area contributed by atoms with Crippen molar-refractivity contribution in [3.8, 4) is 11.5 Å². The van der Waals surface area contributed by atoms with Crippen LogP contribution in [0.1, 0.15) is 23.6 Å². The van der Waals surface area contributed by atoms with E-state index in [2.05, 4.69) is 15.8 Å². The van der Waals surface area contributed by atoms with E-state index < -0.39 is 17.1 Å². The molecule has 0 bridgehead atoms. The second-order valence-corrected chi connectivity index (χ2v) is 6.37. The Bertz CT molecular complexity index is 956. The summed E-state index contributed by atoms with van der Waals surface area (Å²) in [7, 11) is 1.45. The van der Waals surface area contributed by atoms with Crippen molar-refractivity contribution in [2.24, 2.45) is 5.10 Å². The van der Waals surface area contributed by atoms with E-state index in [1.165, 1.54) is 19.2 Å². The molecule has 29 heavy (non-hydrogen) atoms. The lowest BCUT2D eigenvalue weighted by molar-refractivity contribution is -0.384. The van der Waals surface area contributed by atoms with Crippen molar-refractivity contribution < 1.29 is 24.3 Å². The molecule has 10 heteroatoms. The molecule has 0 fully saturated rings. The molecule has 0 radical (unpaired) electrons. The minimum absolute atomic E-state index is 0.0674. The number of nitrogens with zero attached hydrogens (tertiary/aromatic N) is 2. The molecule has 0 saturated carbocycles. The van der Waals surface area contributed by atoms with E-state index in [0.29, 0.717) is 34.8 Å². The van der Waals surface area contributed by atoms with Gasteiger partial charge in [-0.15, -0.1) is 0 Å². The fraction of sp³-hybridized carbons (Fsp3) is 0.263. The Kier molecular flexibility index (Phi) is 5.93. The topological polar surface area (TPSA) is 135 Å². The van der Waals surface area contributed by atoms with Crippen LogP contribution in [0.2, 0.25) is 0 Å². The molecule has 0 unspecified atom stereocenters. The van der Waals surface area contributed by atoms with E-state index in [1.807, 2.05) is 0 Å². The van der Waals surface area contributed by atoms with E-state index in [9.17, 15) is 20.0 Å². The number of nitrogens with one attached hydrogen (secondary N) is 2. The maximum atomic E-state index is 11.7. The molecule has 0 aliphatic carbocycles. The van der Waals surface area contributed by atoms with Crippen LogP contribution in [-0.4, -0.2) is 41.7 Å². The summed E-state index contributed by atoms with van der Waals surface area (Å²) in [5, 5.41) is 27.5. The Balaban J connectivity index is 2.12. The van der Waals surface area contributed by atoms with Gasteiger partial charge in [0.1, 0.15) is 0 Å². The first kappa shape index (κ1) is 20.1. The van der Waals surface area contributed by atoms with Crippen molar-refractivity contribution in [2.45, 2.75) is 19.4 Å². The summed E-state index contributed by atoms with van der Waals surface area (Å²) in [4.78, 5) is 22.1. The van der Waals surface area contributed by atoms with Crippen LogP contribution in [0.25, 0.3) is 0 Å². The highest BCUT2D eigenvalue weighted by Gasteiger charge is 2.22. The fourth-order valence-electron chi connectivity index (χ4n) is 2.88. The van der Waals surface area contributed by atoms with E-state index in [4.69, 9.17) is 9.47 Å². The molecule has 2 aromatic carbocycles. The molecule has 3 N–H and O–H groups in total. The van der Waals surface area contributed by atoms with Crippen molar-refractivity contribution in [1.29, 1.82) is 0 Å². The van der Waals surface area contributed by atoms with Crippen LogP contribution >= 0.6 is 0 Å². The number of nitro benzene ring substituents is 1. The highest BCUT2D eigenvalue weighted by atomic mass is 16.7. The zero-order valence-corrected chi connectivity index (χ0v) is 15.8. The molecule has 1 heterocycles. The Hall–Kier alpha value is -3.66. The number of benzene rings is 2. The predicted molar refractivity (Wildman–Crippen MR) is 104 cm³/mol. The molecule has 1 aliphatic heterocycles. The zero-order chi connectivity index (χ0) is 21.0. The highest BCUT2D eigenvalue weighted by Crippen LogP contribution is 2.36. The predicted octanol–water partition coefficient (Wildman–Crippen LogP) is 1.93. The standard InChI is InChI=1S/C19H20N4O6/c1-11(24)7-13-8-16-17(29-10-28-16)9-15(13)18(21-22-19(25)20-2)12-3-5-14(6-4-12)23(26)27/h3-6,8-9,11,24H,7,10H2,1-2H3,(H2,20,22,25)/t11-/m0/s1. The molecule has 1 atom stereocenters. The van der Waals surface area contributed by atoms with Gasteiger partial charge < -0.3 is 19.9 Å². The molecule has 2 amide bonds. The fourth-order valence-corrected chi connectivity index (χ4v) is 2.88. The summed E-state index contributed by atoms with van der Waals surface area (Å²) >= 11 is 0. The van der Waals surface area contributed by atoms with Gasteiger partial charge in [0.25, 0.3) is 5.69 Å². The summed E-state index contributed by atoms with van der Waals surface area (Å²) in [6, 6.07) is 8.73. The Labute approximate surface area is 166 Å². The van der Waals surface area contributed by atoms with Crippen LogP contribution in [-0.2, 0) is 6.42 Å². The number of hydrogen-bond donors (Lipinski definition) is 3. The molecule has 3 rings (SSSR count). The third-order valence-electron chi connectivity index (χ3n) is 4.22. The van der Waals surface area contributed by atoms with Gasteiger partial charge in [-0.25, -0.2) is 10.2 Å². The van der Waals surface area contributed by atoms with Gasteiger partial charge in [-0.3, -0.25) is 10.1 Å². The van der Waals surface area contributed by atoms with Crippen LogP contribution in [0.15, 0.2) is 41.5 Å². The van der Waals surface area contributed by atoms with Gasteiger partial charge in [0.15, 0.2) is 11.5 Å². The van der Waals surface area contributed by atoms with Gasteiger partial charge in [0.2, 0.25) is 6.79 Å². The first-order valence-electron chi connectivity index (χ1n) is 8.80. The number of amides is 2. The molecular weight excluding hydrogens is 380 g/mol. The van der Waals surface area contributed by atoms with Crippen molar-refractivity contribution in [2.75, 3.05) is 13.8 Å². The lowest BCUT2D eigenvalue weighted by Crippen LogP contribution is -2.30. The maximum Gasteiger partial charge on any atom is 0.334 e. The number of rotatable bonds is 6. The third kappa shape index (κ3) is 4.61. The number of aliphatic hydroxyl groups is 1. The van der Waals surface area contributed by atoms with Gasteiger partial charge >= 0.3 is 6.03 Å². The zero-order valence-electron chi connectivity index (χ0n) is 15.8. The average Bonchev–Trinajstić information content (AvgIpc) is 3.15. The molecule has 0 aromatic heterocycles. The quantitative estimate of drug-likeness (QED) is 0.385. The number of carbonyl (C=O) groups is 1. The molecule has 152 valence electrons. The van der Waals surface area contributed by atoms with E-state index in [-0.39, 0.29) is 12.5 Å². The van der Waals surface area contributed by atoms with Crippen LogP contribution in [0.4, 0.5) is 10.5 Å². The van der Waals surface area contributed by atoms with Crippen molar-refractivity contribution in [3.05, 3.63) is 63.2 Å². The van der Waals surface area contributed by atoms with Gasteiger partial charge in [-0.05, 0) is 43.2 Å². The maximum absolute atomic E-state index is 11.7. The molecule has 2 aromatic rings. The van der Waals surface area contributed by atoms with E-state index in [0.717, 1.165) is 5.56 Å². The van der Waals surface area contributed by atoms with Crippen LogP contribution in [0, 0.1) is 10.1 Å². The van der Waals surface area contributed by atoms with Gasteiger partial charge in [-0.1, -0.05) is 0 Å². The number of nitro groups is 1. The molecular formula is C19H20N4O6. The number of aliphatic hydroxyl groups excluding tert-OH is 1. The number of hydrazone groups is 1. The van der Waals surface area contributed by atoms with Gasteiger partial charge in [-0.2, -0.15) is 5.10 Å². The summed E-state index contributed by atoms with van der Waals surface area (Å²) in [5.74, 6) is 1.05. The minimum Gasteiger partial charge on any atom is -0.454 e. The Morgan fingerprint density at radius 3 is 2.52 bits per heavy atom. The average molecular weight is 400 g/mol. The molecule has 1 aliphatic rings. The SMILES string of the molecule is CNC(=O)NN=C(c1ccc([N+](=O)[O-])cc1)c1cc2c(cc1C[C@H](C)O)OCO2. The number of non-ortho nitro benzene ring substituents is 1. The highest BCUT2D eigenvalue weighted by molar-refractivity contribution is 6.14. The lowest BCUT2D eigenvalue weighted by Gasteiger charge is -2.15. The number of ether oxygens (including phenoxy) is 2. The lowest BCUT2D eigenvalue weighted by atomic mass is 9.94. The number of fused-ring (bicyclic) bond motifs is 1. The number of hydrogen-bond acceptors (Lipinski definition) is 7. The largest absolute Gasteiger partial charge is 0.454 e. The summed E-state index contributed by atoms with van der Waals surface area (Å²) < 4.78 is 10.9. The van der Waals surface area contributed by atoms with E-state index in [1.54, 1.807) is 31.2 Å². The first-order valence-corrected chi connectivity index (χ1v) is 8.80.